The van der Waals surface area contributed by atoms with Crippen molar-refractivity contribution in [1.29, 1.82) is 0 Å². The fraction of sp³-hybridized carbons (Fsp3) is 0.565. The Morgan fingerprint density at radius 3 is 2.17 bits per heavy atom. The van der Waals surface area contributed by atoms with E-state index in [9.17, 15) is 9.59 Å². The standard InChI is InChI=1S/C23H33N3O3/c1-18-3-5-19(6-4-18)20-15-22(28)21(23(29)16-20)17-24-7-9-26-12-10-25(11-13-26)8-2-14-27/h3-6,17,20,24,27H,2,7-16H2,1H3. The first-order chi connectivity index (χ1) is 14.1. The Labute approximate surface area is 173 Å². The summed E-state index contributed by atoms with van der Waals surface area (Å²) in [6.45, 7) is 8.94. The van der Waals surface area contributed by atoms with Crippen molar-refractivity contribution >= 4 is 11.6 Å². The van der Waals surface area contributed by atoms with Gasteiger partial charge in [0.05, 0.1) is 5.57 Å². The first-order valence-corrected chi connectivity index (χ1v) is 10.7. The van der Waals surface area contributed by atoms with Gasteiger partial charge in [-0.3, -0.25) is 14.5 Å². The normalized spacial score (nSPS) is 21.4. The van der Waals surface area contributed by atoms with Crippen molar-refractivity contribution in [3.8, 4) is 0 Å². The lowest BCUT2D eigenvalue weighted by Crippen LogP contribution is -2.48. The average molecular weight is 400 g/mol. The van der Waals surface area contributed by atoms with Gasteiger partial charge in [-0.1, -0.05) is 29.8 Å². The number of aliphatic hydroxyl groups is 1. The molecule has 29 heavy (non-hydrogen) atoms. The van der Waals surface area contributed by atoms with Crippen LogP contribution in [0.4, 0.5) is 0 Å². The van der Waals surface area contributed by atoms with Crippen molar-refractivity contribution in [2.75, 3.05) is 52.4 Å². The fourth-order valence-corrected chi connectivity index (χ4v) is 4.06. The molecular formula is C23H33N3O3. The molecule has 1 aliphatic carbocycles. The molecule has 1 aromatic rings. The van der Waals surface area contributed by atoms with Crippen LogP contribution in [0.3, 0.4) is 0 Å². The topological polar surface area (TPSA) is 72.9 Å². The zero-order valence-corrected chi connectivity index (χ0v) is 17.4. The molecule has 0 amide bonds. The Hall–Kier alpha value is -2.02. The average Bonchev–Trinajstić information content (AvgIpc) is 2.72. The minimum atomic E-state index is -0.0585. The number of Topliss-reactive ketones (excluding diaryl/α,β-unsaturated/α-hetero) is 2. The van der Waals surface area contributed by atoms with Crippen molar-refractivity contribution in [2.24, 2.45) is 0 Å². The second kappa shape index (κ2) is 10.7. The number of benzene rings is 1. The van der Waals surface area contributed by atoms with Crippen molar-refractivity contribution in [3.63, 3.8) is 0 Å². The van der Waals surface area contributed by atoms with Crippen LogP contribution in [-0.4, -0.2) is 78.9 Å². The zero-order valence-electron chi connectivity index (χ0n) is 17.4. The third kappa shape index (κ3) is 6.23. The van der Waals surface area contributed by atoms with Gasteiger partial charge in [0.2, 0.25) is 0 Å². The molecular weight excluding hydrogens is 366 g/mol. The van der Waals surface area contributed by atoms with Crippen molar-refractivity contribution in [1.82, 2.24) is 15.1 Å². The number of allylic oxidation sites excluding steroid dienone is 1. The van der Waals surface area contributed by atoms with Gasteiger partial charge in [-0.2, -0.15) is 0 Å². The summed E-state index contributed by atoms with van der Waals surface area (Å²) >= 11 is 0. The van der Waals surface area contributed by atoms with E-state index in [4.69, 9.17) is 5.11 Å². The van der Waals surface area contributed by atoms with Crippen LogP contribution in [0.5, 0.6) is 0 Å². The van der Waals surface area contributed by atoms with Crippen LogP contribution < -0.4 is 5.32 Å². The minimum absolute atomic E-state index is 0.00474. The highest BCUT2D eigenvalue weighted by Crippen LogP contribution is 2.31. The summed E-state index contributed by atoms with van der Waals surface area (Å²) in [6.07, 6.45) is 3.27. The van der Waals surface area contributed by atoms with Crippen molar-refractivity contribution in [3.05, 3.63) is 47.2 Å². The van der Waals surface area contributed by atoms with Gasteiger partial charge in [-0.05, 0) is 24.8 Å². The maximum Gasteiger partial charge on any atom is 0.168 e. The molecule has 0 unspecified atom stereocenters. The first kappa shape index (κ1) is 21.7. The molecule has 2 aliphatic rings. The van der Waals surface area contributed by atoms with Gasteiger partial charge in [-0.25, -0.2) is 0 Å². The quantitative estimate of drug-likeness (QED) is 0.392. The van der Waals surface area contributed by atoms with E-state index in [1.165, 1.54) is 5.56 Å². The van der Waals surface area contributed by atoms with E-state index in [0.717, 1.165) is 57.8 Å². The van der Waals surface area contributed by atoms with Crippen LogP contribution >= 0.6 is 0 Å². The first-order valence-electron chi connectivity index (χ1n) is 10.7. The lowest BCUT2D eigenvalue weighted by molar-refractivity contribution is -0.124. The van der Waals surface area contributed by atoms with Crippen molar-refractivity contribution in [2.45, 2.75) is 32.1 Å². The molecule has 0 bridgehead atoms. The predicted octanol–water partition coefficient (Wildman–Crippen LogP) is 1.48. The number of nitrogens with zero attached hydrogens (tertiary/aromatic N) is 2. The number of piperazine rings is 1. The Kier molecular flexibility index (Phi) is 7.98. The van der Waals surface area contributed by atoms with E-state index in [1.807, 2.05) is 31.2 Å². The maximum atomic E-state index is 12.5. The third-order valence-electron chi connectivity index (χ3n) is 5.93. The molecule has 2 fully saturated rings. The summed E-state index contributed by atoms with van der Waals surface area (Å²) in [6, 6.07) is 8.11. The highest BCUT2D eigenvalue weighted by Gasteiger charge is 2.31. The zero-order chi connectivity index (χ0) is 20.6. The van der Waals surface area contributed by atoms with Crippen LogP contribution in [0.2, 0.25) is 0 Å². The molecule has 0 spiro atoms. The van der Waals surface area contributed by atoms with Gasteiger partial charge >= 0.3 is 0 Å². The van der Waals surface area contributed by atoms with E-state index in [-0.39, 0.29) is 24.1 Å². The fourth-order valence-electron chi connectivity index (χ4n) is 4.06. The van der Waals surface area contributed by atoms with Gasteiger partial charge in [0, 0.05) is 71.5 Å². The molecule has 1 saturated carbocycles. The number of hydrogen-bond acceptors (Lipinski definition) is 6. The molecule has 0 aromatic heterocycles. The predicted molar refractivity (Wildman–Crippen MR) is 114 cm³/mol. The second-order valence-corrected chi connectivity index (χ2v) is 8.13. The van der Waals surface area contributed by atoms with E-state index in [2.05, 4.69) is 15.1 Å². The Balaban J connectivity index is 1.42. The van der Waals surface area contributed by atoms with Gasteiger partial charge in [0.1, 0.15) is 0 Å². The van der Waals surface area contributed by atoms with Crippen LogP contribution in [-0.2, 0) is 9.59 Å². The van der Waals surface area contributed by atoms with Crippen LogP contribution in [0, 0.1) is 6.92 Å². The molecule has 0 radical (unpaired) electrons. The molecule has 1 aromatic carbocycles. The smallest absolute Gasteiger partial charge is 0.168 e. The number of ketones is 2. The highest BCUT2D eigenvalue weighted by molar-refractivity contribution is 6.22. The van der Waals surface area contributed by atoms with Crippen molar-refractivity contribution < 1.29 is 14.7 Å². The van der Waals surface area contributed by atoms with Gasteiger partial charge in [-0.15, -0.1) is 0 Å². The largest absolute Gasteiger partial charge is 0.396 e. The number of aryl methyl sites for hydroxylation is 1. The molecule has 6 heteroatoms. The summed E-state index contributed by atoms with van der Waals surface area (Å²) in [7, 11) is 0. The molecule has 1 saturated heterocycles. The summed E-state index contributed by atoms with van der Waals surface area (Å²) in [4.78, 5) is 29.8. The number of hydrogen-bond donors (Lipinski definition) is 2. The van der Waals surface area contributed by atoms with Gasteiger partial charge in [0.25, 0.3) is 0 Å². The third-order valence-corrected chi connectivity index (χ3v) is 5.93. The molecule has 1 heterocycles. The maximum absolute atomic E-state index is 12.5. The number of carbonyl (C=O) groups is 2. The van der Waals surface area contributed by atoms with Crippen LogP contribution in [0.25, 0.3) is 0 Å². The lowest BCUT2D eigenvalue weighted by Gasteiger charge is -2.34. The summed E-state index contributed by atoms with van der Waals surface area (Å²) < 4.78 is 0. The molecule has 1 aliphatic heterocycles. The Morgan fingerprint density at radius 2 is 1.59 bits per heavy atom. The van der Waals surface area contributed by atoms with E-state index < -0.39 is 0 Å². The molecule has 2 N–H and O–H groups in total. The molecule has 6 nitrogen and oxygen atoms in total. The number of aliphatic hydroxyl groups excluding tert-OH is 1. The molecule has 0 atom stereocenters. The molecule has 158 valence electrons. The summed E-state index contributed by atoms with van der Waals surface area (Å²) in [5.74, 6) is -0.122. The van der Waals surface area contributed by atoms with E-state index in [0.29, 0.717) is 18.4 Å². The number of nitrogens with one attached hydrogen (secondary N) is 1. The Bertz CT molecular complexity index is 701. The van der Waals surface area contributed by atoms with Crippen LogP contribution in [0.15, 0.2) is 36.0 Å². The van der Waals surface area contributed by atoms with Gasteiger partial charge < -0.3 is 15.3 Å². The minimum Gasteiger partial charge on any atom is -0.396 e. The van der Waals surface area contributed by atoms with E-state index >= 15 is 0 Å². The number of carbonyl (C=O) groups excluding carboxylic acids is 2. The summed E-state index contributed by atoms with van der Waals surface area (Å²) in [5.41, 5.74) is 2.57. The second-order valence-electron chi connectivity index (χ2n) is 8.13. The lowest BCUT2D eigenvalue weighted by atomic mass is 9.80. The number of rotatable bonds is 8. The van der Waals surface area contributed by atoms with E-state index in [1.54, 1.807) is 6.20 Å². The Morgan fingerprint density at radius 1 is 1.00 bits per heavy atom. The van der Waals surface area contributed by atoms with Gasteiger partial charge in [0.15, 0.2) is 11.6 Å². The van der Waals surface area contributed by atoms with Crippen LogP contribution in [0.1, 0.15) is 36.3 Å². The highest BCUT2D eigenvalue weighted by atomic mass is 16.3. The summed E-state index contributed by atoms with van der Waals surface area (Å²) in [5, 5.41) is 12.1. The monoisotopic (exact) mass is 399 g/mol. The molecule has 3 rings (SSSR count). The SMILES string of the molecule is Cc1ccc(C2CC(=O)C(=CNCCN3CCN(CCCO)CC3)C(=O)C2)cc1.